The molecule has 0 spiro atoms. The van der Waals surface area contributed by atoms with Gasteiger partial charge in [0.05, 0.1) is 7.11 Å². The van der Waals surface area contributed by atoms with E-state index in [0.29, 0.717) is 27.8 Å². The lowest BCUT2D eigenvalue weighted by Crippen LogP contribution is -2.21. The highest BCUT2D eigenvalue weighted by Crippen LogP contribution is 2.35. The Morgan fingerprint density at radius 1 is 1.06 bits per heavy atom. The molecular weight excluding hydrogens is 426 g/mol. The molecule has 0 fully saturated rings. The summed E-state index contributed by atoms with van der Waals surface area (Å²) in [5.41, 5.74) is 2.62. The molecule has 164 valence electrons. The second-order valence-corrected chi connectivity index (χ2v) is 7.29. The van der Waals surface area contributed by atoms with E-state index in [4.69, 9.17) is 21.1 Å². The number of rotatable bonds is 7. The fourth-order valence-electron chi connectivity index (χ4n) is 3.09. The van der Waals surface area contributed by atoms with Crippen LogP contribution in [0, 0.1) is 11.8 Å². The smallest absolute Gasteiger partial charge is 0.257 e. The highest BCUT2D eigenvalue weighted by molar-refractivity contribution is 6.30. The Morgan fingerprint density at radius 3 is 2.53 bits per heavy atom. The molecule has 0 aliphatic rings. The lowest BCUT2D eigenvalue weighted by atomic mass is 10.0. The first-order valence-corrected chi connectivity index (χ1v) is 10.5. The molecule has 3 aromatic rings. The van der Waals surface area contributed by atoms with Gasteiger partial charge in [0, 0.05) is 22.7 Å². The number of hydrogen-bond donors (Lipinski definition) is 2. The Hall–Kier alpha value is -3.46. The van der Waals surface area contributed by atoms with Crippen LogP contribution in [0.2, 0.25) is 5.02 Å². The molecule has 0 aromatic heterocycles. The zero-order valence-corrected chi connectivity index (χ0v) is 18.6. The van der Waals surface area contributed by atoms with Gasteiger partial charge in [-0.3, -0.25) is 4.79 Å². The third kappa shape index (κ3) is 5.82. The van der Waals surface area contributed by atoms with E-state index in [-0.39, 0.29) is 6.61 Å². The third-order valence-electron chi connectivity index (χ3n) is 4.70. The number of benzene rings is 3. The number of aliphatic hydroxyl groups excluding tert-OH is 1. The van der Waals surface area contributed by atoms with E-state index in [9.17, 15) is 9.90 Å². The lowest BCUT2D eigenvalue weighted by molar-refractivity contribution is -0.124. The number of ether oxygens (including phenoxy) is 2. The lowest BCUT2D eigenvalue weighted by Gasteiger charge is -2.16. The van der Waals surface area contributed by atoms with Gasteiger partial charge in [0.1, 0.15) is 6.61 Å². The van der Waals surface area contributed by atoms with Crippen molar-refractivity contribution < 1.29 is 19.4 Å². The summed E-state index contributed by atoms with van der Waals surface area (Å²) in [6.45, 7) is 2.26. The van der Waals surface area contributed by atoms with Crippen molar-refractivity contribution in [1.82, 2.24) is 0 Å². The van der Waals surface area contributed by atoms with Gasteiger partial charge < -0.3 is 19.9 Å². The minimum atomic E-state index is -1.32. The molecule has 0 aliphatic carbocycles. The molecule has 1 unspecified atom stereocenters. The Kier molecular flexibility index (Phi) is 8.15. The molecule has 0 saturated heterocycles. The minimum Gasteiger partial charge on any atom is -0.493 e. The van der Waals surface area contributed by atoms with Crippen LogP contribution in [0.3, 0.4) is 0 Å². The maximum atomic E-state index is 12.7. The number of methoxy groups -OCH3 is 1. The normalized spacial score (nSPS) is 11.1. The number of carbonyl (C=O) groups excluding carboxylic acids is 1. The largest absolute Gasteiger partial charge is 0.493 e. The number of nitrogens with one attached hydrogen (secondary N) is 1. The predicted molar refractivity (Wildman–Crippen MR) is 127 cm³/mol. The first-order chi connectivity index (χ1) is 15.5. The summed E-state index contributed by atoms with van der Waals surface area (Å²) in [6.07, 6.45) is -0.552. The summed E-state index contributed by atoms with van der Waals surface area (Å²) >= 11 is 5.88. The molecule has 3 rings (SSSR count). The van der Waals surface area contributed by atoms with Crippen molar-refractivity contribution in [2.45, 2.75) is 19.4 Å². The molecule has 0 radical (unpaired) electrons. The molecule has 6 heteroatoms. The van der Waals surface area contributed by atoms with E-state index in [0.717, 1.165) is 17.5 Å². The molecule has 0 bridgehead atoms. The van der Waals surface area contributed by atoms with Crippen LogP contribution >= 0.6 is 11.6 Å². The summed E-state index contributed by atoms with van der Waals surface area (Å²) in [6, 6.07) is 19.4. The van der Waals surface area contributed by atoms with Gasteiger partial charge in [0.2, 0.25) is 0 Å². The van der Waals surface area contributed by atoms with Gasteiger partial charge in [0.15, 0.2) is 17.6 Å². The van der Waals surface area contributed by atoms with Crippen molar-refractivity contribution in [3.63, 3.8) is 0 Å². The van der Waals surface area contributed by atoms with E-state index >= 15 is 0 Å². The average Bonchev–Trinajstić information content (AvgIpc) is 2.82. The third-order valence-corrected chi connectivity index (χ3v) is 4.95. The summed E-state index contributed by atoms with van der Waals surface area (Å²) < 4.78 is 11.2. The predicted octanol–water partition coefficient (Wildman–Crippen LogP) is 5.48. The van der Waals surface area contributed by atoms with Crippen molar-refractivity contribution in [1.29, 1.82) is 0 Å². The van der Waals surface area contributed by atoms with Gasteiger partial charge in [-0.2, -0.15) is 0 Å². The number of halogens is 1. The van der Waals surface area contributed by atoms with Crippen LogP contribution in [0.1, 0.15) is 25.0 Å². The Bertz CT molecular complexity index is 1130. The number of aliphatic hydroxyl groups is 1. The summed E-state index contributed by atoms with van der Waals surface area (Å²) in [5.74, 6) is 6.49. The topological polar surface area (TPSA) is 67.8 Å². The molecule has 0 saturated carbocycles. The average molecular weight is 450 g/mol. The van der Waals surface area contributed by atoms with Crippen LogP contribution in [0.4, 0.5) is 5.69 Å². The van der Waals surface area contributed by atoms with Crippen LogP contribution in [0.5, 0.6) is 11.5 Å². The number of anilines is 1. The van der Waals surface area contributed by atoms with Crippen LogP contribution in [0.25, 0.3) is 11.1 Å². The molecule has 1 atom stereocenters. The van der Waals surface area contributed by atoms with Gasteiger partial charge in [-0.25, -0.2) is 0 Å². The second-order valence-electron chi connectivity index (χ2n) is 6.85. The molecular formula is C26H24ClNO4. The summed E-state index contributed by atoms with van der Waals surface area (Å²) in [5, 5.41) is 13.8. The van der Waals surface area contributed by atoms with Crippen LogP contribution < -0.4 is 14.8 Å². The monoisotopic (exact) mass is 449 g/mol. The quantitative estimate of drug-likeness (QED) is 0.469. The van der Waals surface area contributed by atoms with Crippen molar-refractivity contribution in [2.75, 3.05) is 19.0 Å². The van der Waals surface area contributed by atoms with E-state index in [1.807, 2.05) is 43.3 Å². The van der Waals surface area contributed by atoms with Crippen LogP contribution in [-0.2, 0) is 4.79 Å². The number of hydrogen-bond acceptors (Lipinski definition) is 4. The van der Waals surface area contributed by atoms with Crippen LogP contribution in [0.15, 0.2) is 66.7 Å². The maximum Gasteiger partial charge on any atom is 0.257 e. The van der Waals surface area contributed by atoms with Gasteiger partial charge in [-0.05, 0) is 41.5 Å². The Morgan fingerprint density at radius 2 is 1.81 bits per heavy atom. The van der Waals surface area contributed by atoms with Crippen molar-refractivity contribution in [3.8, 4) is 34.5 Å². The zero-order valence-electron chi connectivity index (χ0n) is 17.9. The fraction of sp³-hybridized carbons (Fsp3) is 0.192. The van der Waals surface area contributed by atoms with Crippen molar-refractivity contribution in [3.05, 3.63) is 77.3 Å². The van der Waals surface area contributed by atoms with Gasteiger partial charge in [0.25, 0.3) is 5.91 Å². The summed E-state index contributed by atoms with van der Waals surface area (Å²) in [4.78, 5) is 12.7. The number of carbonyl (C=O) groups is 1. The SMILES string of the molecule is CCC#CCOc1ccc(-c2ccccc2NC(=O)C(O)c2ccc(Cl)cc2)cc1OC. The minimum absolute atomic E-state index is 0.277. The molecule has 3 aromatic carbocycles. The first kappa shape index (κ1) is 23.2. The zero-order chi connectivity index (χ0) is 22.9. The van der Waals surface area contributed by atoms with Crippen molar-refractivity contribution in [2.24, 2.45) is 0 Å². The highest BCUT2D eigenvalue weighted by atomic mass is 35.5. The fourth-order valence-corrected chi connectivity index (χ4v) is 3.21. The Labute approximate surface area is 193 Å². The second kappa shape index (κ2) is 11.2. The maximum absolute atomic E-state index is 12.7. The summed E-state index contributed by atoms with van der Waals surface area (Å²) in [7, 11) is 1.57. The van der Waals surface area contributed by atoms with Crippen LogP contribution in [-0.4, -0.2) is 24.7 Å². The van der Waals surface area contributed by atoms with E-state index in [1.165, 1.54) is 0 Å². The van der Waals surface area contributed by atoms with Crippen molar-refractivity contribution >= 4 is 23.2 Å². The van der Waals surface area contributed by atoms with E-state index in [2.05, 4.69) is 17.2 Å². The van der Waals surface area contributed by atoms with E-state index < -0.39 is 12.0 Å². The van der Waals surface area contributed by atoms with E-state index in [1.54, 1.807) is 37.4 Å². The van der Waals surface area contributed by atoms with Gasteiger partial charge >= 0.3 is 0 Å². The molecule has 0 aliphatic heterocycles. The molecule has 32 heavy (non-hydrogen) atoms. The molecule has 1 amide bonds. The first-order valence-electron chi connectivity index (χ1n) is 10.1. The number of para-hydroxylation sites is 1. The Balaban J connectivity index is 1.82. The van der Waals surface area contributed by atoms with Gasteiger partial charge in [-0.15, -0.1) is 5.92 Å². The standard InChI is InChI=1S/C26H24ClNO4/c1-3-4-7-16-32-23-15-12-19(17-24(23)31-2)21-8-5-6-9-22(21)28-26(30)25(29)18-10-13-20(27)14-11-18/h5-6,8-15,17,25,29H,3,16H2,1-2H3,(H,28,30). The molecule has 5 nitrogen and oxygen atoms in total. The highest BCUT2D eigenvalue weighted by Gasteiger charge is 2.19. The molecule has 0 heterocycles. The van der Waals surface area contributed by atoms with Gasteiger partial charge in [-0.1, -0.05) is 60.8 Å². The number of amides is 1. The molecule has 2 N–H and O–H groups in total.